The maximum Gasteiger partial charge on any atom is 0.0713 e. The Kier molecular flexibility index (Phi) is 6.47. The van der Waals surface area contributed by atoms with E-state index in [9.17, 15) is 0 Å². The Morgan fingerprint density at radius 2 is 0.723 bits per heavy atom. The van der Waals surface area contributed by atoms with Crippen molar-refractivity contribution in [1.82, 2.24) is 0 Å². The highest BCUT2D eigenvalue weighted by molar-refractivity contribution is 5.90. The molecule has 47 heavy (non-hydrogen) atoms. The molecule has 0 heterocycles. The lowest BCUT2D eigenvalue weighted by Crippen LogP contribution is -2.28. The highest BCUT2D eigenvalue weighted by Crippen LogP contribution is 2.56. The highest BCUT2D eigenvalue weighted by Gasteiger charge is 2.46. The summed E-state index contributed by atoms with van der Waals surface area (Å²) in [5.74, 6) is 0. The predicted octanol–water partition coefficient (Wildman–Crippen LogP) is 12.2. The number of fused-ring (bicyclic) bond motifs is 4. The number of hydrogen-bond donors (Lipinski definition) is 0. The molecule has 0 fully saturated rings. The second kappa shape index (κ2) is 11.1. The Bertz CT molecular complexity index is 2360. The molecule has 0 bridgehead atoms. The first-order valence-corrected chi connectivity index (χ1v) is 16.3. The van der Waals surface area contributed by atoms with Crippen molar-refractivity contribution >= 4 is 10.8 Å². The van der Waals surface area contributed by atoms with Gasteiger partial charge in [-0.2, -0.15) is 0 Å². The summed E-state index contributed by atoms with van der Waals surface area (Å²) in [4.78, 5) is 0. The van der Waals surface area contributed by atoms with Gasteiger partial charge in [0.1, 0.15) is 0 Å². The van der Waals surface area contributed by atoms with Crippen LogP contribution in [-0.2, 0) is 5.41 Å². The second-order valence-electron chi connectivity index (χ2n) is 12.5. The van der Waals surface area contributed by atoms with E-state index in [1.807, 2.05) is 0 Å². The largest absolute Gasteiger partial charge is 0.0713 e. The Hall–Kier alpha value is -5.98. The fourth-order valence-electron chi connectivity index (χ4n) is 7.75. The zero-order valence-corrected chi connectivity index (χ0v) is 26.0. The van der Waals surface area contributed by atoms with Crippen molar-refractivity contribution in [2.45, 2.75) is 5.41 Å². The molecule has 9 rings (SSSR count). The molecule has 0 spiro atoms. The molecule has 8 aromatic carbocycles. The Morgan fingerprint density at radius 3 is 1.36 bits per heavy atom. The summed E-state index contributed by atoms with van der Waals surface area (Å²) in [7, 11) is 0. The van der Waals surface area contributed by atoms with Crippen LogP contribution in [0.5, 0.6) is 0 Å². The zero-order valence-electron chi connectivity index (χ0n) is 26.0. The van der Waals surface area contributed by atoms with Gasteiger partial charge in [-0.1, -0.05) is 170 Å². The molecule has 0 nitrogen and oxygen atoms in total. The van der Waals surface area contributed by atoms with Crippen LogP contribution in [0.15, 0.2) is 194 Å². The summed E-state index contributed by atoms with van der Waals surface area (Å²) in [5, 5.41) is 2.53. The van der Waals surface area contributed by atoms with E-state index in [-0.39, 0.29) is 0 Å². The van der Waals surface area contributed by atoms with Gasteiger partial charge in [-0.15, -0.1) is 0 Å². The summed E-state index contributed by atoms with van der Waals surface area (Å²) < 4.78 is 0. The molecule has 0 saturated carbocycles. The van der Waals surface area contributed by atoms with E-state index >= 15 is 0 Å². The molecule has 0 radical (unpaired) electrons. The molecule has 0 saturated heterocycles. The quantitative estimate of drug-likeness (QED) is 0.185. The molecule has 0 atom stereocenters. The minimum Gasteiger partial charge on any atom is -0.0622 e. The molecular weight excluding hydrogens is 565 g/mol. The van der Waals surface area contributed by atoms with Crippen molar-refractivity contribution in [3.63, 3.8) is 0 Å². The van der Waals surface area contributed by atoms with E-state index in [1.54, 1.807) is 0 Å². The van der Waals surface area contributed by atoms with Crippen molar-refractivity contribution in [2.24, 2.45) is 0 Å². The molecule has 0 aromatic heterocycles. The van der Waals surface area contributed by atoms with Crippen LogP contribution in [0.25, 0.3) is 55.3 Å². The predicted molar refractivity (Wildman–Crippen MR) is 198 cm³/mol. The maximum atomic E-state index is 2.44. The van der Waals surface area contributed by atoms with Crippen LogP contribution in [0.3, 0.4) is 0 Å². The van der Waals surface area contributed by atoms with Gasteiger partial charge in [0.2, 0.25) is 0 Å². The van der Waals surface area contributed by atoms with E-state index in [4.69, 9.17) is 0 Å². The average molecular weight is 597 g/mol. The van der Waals surface area contributed by atoms with Crippen molar-refractivity contribution in [3.8, 4) is 44.5 Å². The van der Waals surface area contributed by atoms with Crippen LogP contribution in [0, 0.1) is 0 Å². The van der Waals surface area contributed by atoms with Crippen LogP contribution in [0.1, 0.15) is 22.3 Å². The Morgan fingerprint density at radius 1 is 0.255 bits per heavy atom. The molecule has 0 N–H and O–H groups in total. The lowest BCUT2D eigenvalue weighted by Gasteiger charge is -2.34. The summed E-state index contributed by atoms with van der Waals surface area (Å²) in [5.41, 5.74) is 14.8. The molecule has 220 valence electrons. The maximum absolute atomic E-state index is 2.44. The van der Waals surface area contributed by atoms with Gasteiger partial charge in [0.15, 0.2) is 0 Å². The molecule has 1 aliphatic rings. The van der Waals surface area contributed by atoms with Crippen molar-refractivity contribution in [2.75, 3.05) is 0 Å². The van der Waals surface area contributed by atoms with Crippen LogP contribution >= 0.6 is 0 Å². The van der Waals surface area contributed by atoms with Gasteiger partial charge < -0.3 is 0 Å². The molecule has 0 unspecified atom stereocenters. The summed E-state index contributed by atoms with van der Waals surface area (Å²) in [6, 6.07) is 71.3. The lowest BCUT2D eigenvalue weighted by atomic mass is 9.67. The van der Waals surface area contributed by atoms with Crippen molar-refractivity contribution < 1.29 is 0 Å². The topological polar surface area (TPSA) is 0 Å². The van der Waals surface area contributed by atoms with E-state index < -0.39 is 5.41 Å². The van der Waals surface area contributed by atoms with Crippen LogP contribution < -0.4 is 0 Å². The summed E-state index contributed by atoms with van der Waals surface area (Å²) in [6.45, 7) is 0. The van der Waals surface area contributed by atoms with Gasteiger partial charge in [0, 0.05) is 0 Å². The number of benzene rings is 8. The molecule has 0 aliphatic heterocycles. The number of hydrogen-bond acceptors (Lipinski definition) is 0. The summed E-state index contributed by atoms with van der Waals surface area (Å²) in [6.07, 6.45) is 0. The van der Waals surface area contributed by atoms with Gasteiger partial charge in [0.25, 0.3) is 0 Å². The van der Waals surface area contributed by atoms with Gasteiger partial charge in [-0.05, 0) is 102 Å². The molecule has 1 aliphatic carbocycles. The Balaban J connectivity index is 1.18. The third-order valence-electron chi connectivity index (χ3n) is 9.93. The molecule has 8 aromatic rings. The van der Waals surface area contributed by atoms with Crippen LogP contribution in [0.2, 0.25) is 0 Å². The van der Waals surface area contributed by atoms with Crippen LogP contribution in [-0.4, -0.2) is 0 Å². The third-order valence-corrected chi connectivity index (χ3v) is 9.93. The number of rotatable bonds is 5. The van der Waals surface area contributed by atoms with E-state index in [2.05, 4.69) is 194 Å². The first-order chi connectivity index (χ1) is 23.3. The minimum atomic E-state index is -0.406. The van der Waals surface area contributed by atoms with E-state index in [0.29, 0.717) is 0 Å². The molecule has 0 heteroatoms. The highest BCUT2D eigenvalue weighted by atomic mass is 14.5. The van der Waals surface area contributed by atoms with Crippen molar-refractivity contribution in [1.29, 1.82) is 0 Å². The van der Waals surface area contributed by atoms with Gasteiger partial charge >= 0.3 is 0 Å². The van der Waals surface area contributed by atoms with E-state index in [1.165, 1.54) is 77.5 Å². The summed E-state index contributed by atoms with van der Waals surface area (Å²) >= 11 is 0. The third kappa shape index (κ3) is 4.45. The standard InChI is InChI=1S/C47H32/c1-3-19-41(20-4-1)47(42-21-5-2-6-22-42)45-24-10-9-23-43(45)44-28-27-40(32-46(44)47)38-18-12-16-36(31-38)35-15-11-17-37(30-35)39-26-25-33-13-7-8-14-34(33)29-39/h1-32H. The van der Waals surface area contributed by atoms with Crippen molar-refractivity contribution in [3.05, 3.63) is 216 Å². The van der Waals surface area contributed by atoms with Gasteiger partial charge in [-0.25, -0.2) is 0 Å². The molecular formula is C47H32. The van der Waals surface area contributed by atoms with Gasteiger partial charge in [0.05, 0.1) is 5.41 Å². The smallest absolute Gasteiger partial charge is 0.0622 e. The van der Waals surface area contributed by atoms with E-state index in [0.717, 1.165) is 0 Å². The fraction of sp³-hybridized carbons (Fsp3) is 0.0213. The SMILES string of the molecule is c1ccc(C2(c3ccccc3)c3ccccc3-c3ccc(-c4cccc(-c5cccc(-c6ccc7ccccc7c6)c5)c4)cc32)cc1. The average Bonchev–Trinajstić information content (AvgIpc) is 3.46. The van der Waals surface area contributed by atoms with Gasteiger partial charge in [-0.3, -0.25) is 0 Å². The first kappa shape index (κ1) is 27.3. The zero-order chi connectivity index (χ0) is 31.2. The molecule has 0 amide bonds. The normalized spacial score (nSPS) is 12.9. The lowest BCUT2D eigenvalue weighted by molar-refractivity contribution is 0.769. The first-order valence-electron chi connectivity index (χ1n) is 16.3. The Labute approximate surface area is 276 Å². The monoisotopic (exact) mass is 596 g/mol. The fourth-order valence-corrected chi connectivity index (χ4v) is 7.75. The second-order valence-corrected chi connectivity index (χ2v) is 12.5. The minimum absolute atomic E-state index is 0.406. The van der Waals surface area contributed by atoms with Crippen LogP contribution in [0.4, 0.5) is 0 Å².